The molecule has 3 N–H and O–H groups in total. The molecule has 1 spiro atoms. The number of rotatable bonds is 3. The van der Waals surface area contributed by atoms with Gasteiger partial charge in [-0.25, -0.2) is 4.99 Å². The first kappa shape index (κ1) is 16.3. The lowest BCUT2D eigenvalue weighted by Crippen LogP contribution is -2.36. The smallest absolute Gasteiger partial charge is 0.236 e. The lowest BCUT2D eigenvalue weighted by molar-refractivity contribution is -0.127. The van der Waals surface area contributed by atoms with E-state index in [2.05, 4.69) is 30.0 Å². The fourth-order valence-corrected chi connectivity index (χ4v) is 3.32. The van der Waals surface area contributed by atoms with Crippen molar-refractivity contribution in [3.8, 4) is 0 Å². The number of nitrogens with one attached hydrogen (secondary N) is 1. The molecule has 0 aromatic rings. The fraction of sp³-hybridized carbons (Fsp3) is 0.444. The summed E-state index contributed by atoms with van der Waals surface area (Å²) >= 11 is 0. The maximum absolute atomic E-state index is 12.8. The third-order valence-electron chi connectivity index (χ3n) is 4.58. The second-order valence-electron chi connectivity index (χ2n) is 5.93. The molecule has 1 amide bonds. The first-order valence-electron chi connectivity index (χ1n) is 7.86. The number of nitrogens with zero attached hydrogens (tertiary/aromatic N) is 1. The second-order valence-corrected chi connectivity index (χ2v) is 5.93. The van der Waals surface area contributed by atoms with Crippen LogP contribution in [0.4, 0.5) is 0 Å². The van der Waals surface area contributed by atoms with Gasteiger partial charge >= 0.3 is 0 Å². The normalized spacial score (nSPS) is 33.1. The van der Waals surface area contributed by atoms with Crippen molar-refractivity contribution in [1.29, 1.82) is 0 Å². The van der Waals surface area contributed by atoms with Crippen molar-refractivity contribution in [2.45, 2.75) is 39.5 Å². The van der Waals surface area contributed by atoms with E-state index < -0.39 is 5.41 Å². The summed E-state index contributed by atoms with van der Waals surface area (Å²) in [5.74, 6) is 0.932. The second kappa shape index (κ2) is 6.77. The van der Waals surface area contributed by atoms with E-state index >= 15 is 0 Å². The molecule has 0 radical (unpaired) electrons. The molecule has 1 aliphatic carbocycles. The Hall–Kier alpha value is -2.10. The van der Waals surface area contributed by atoms with E-state index in [0.29, 0.717) is 11.7 Å². The average Bonchev–Trinajstić information content (AvgIpc) is 2.80. The monoisotopic (exact) mass is 299 g/mol. The topological polar surface area (TPSA) is 67.5 Å². The molecule has 2 unspecified atom stereocenters. The predicted octanol–water partition coefficient (Wildman–Crippen LogP) is 3.20. The number of carbonyl (C=O) groups is 1. The third-order valence-corrected chi connectivity index (χ3v) is 4.58. The molecule has 0 fully saturated rings. The Labute approximate surface area is 132 Å². The van der Waals surface area contributed by atoms with Gasteiger partial charge in [-0.05, 0) is 51.3 Å². The van der Waals surface area contributed by atoms with Crippen LogP contribution in [0, 0.1) is 11.3 Å². The highest BCUT2D eigenvalue weighted by Crippen LogP contribution is 2.46. The Morgan fingerprint density at radius 2 is 2.36 bits per heavy atom. The van der Waals surface area contributed by atoms with E-state index in [4.69, 9.17) is 5.73 Å². The zero-order valence-electron chi connectivity index (χ0n) is 13.4. The van der Waals surface area contributed by atoms with Gasteiger partial charge in [-0.2, -0.15) is 0 Å². The highest BCUT2D eigenvalue weighted by atomic mass is 16.2. The zero-order chi connectivity index (χ0) is 16.2. The molecule has 2 atom stereocenters. The van der Waals surface area contributed by atoms with E-state index in [1.807, 2.05) is 31.2 Å². The van der Waals surface area contributed by atoms with Gasteiger partial charge in [0.25, 0.3) is 0 Å². The lowest BCUT2D eigenvalue weighted by Gasteiger charge is -2.30. The largest absolute Gasteiger partial charge is 0.399 e. The Bertz CT molecular complexity index is 583. The summed E-state index contributed by atoms with van der Waals surface area (Å²) in [5.41, 5.74) is 7.16. The molecule has 0 saturated heterocycles. The van der Waals surface area contributed by atoms with Crippen molar-refractivity contribution >= 4 is 12.6 Å². The molecule has 0 aromatic heterocycles. The minimum atomic E-state index is -0.546. The van der Waals surface area contributed by atoms with Crippen LogP contribution in [0.25, 0.3) is 0 Å². The van der Waals surface area contributed by atoms with Crippen molar-refractivity contribution in [1.82, 2.24) is 5.32 Å². The quantitative estimate of drug-likeness (QED) is 0.786. The van der Waals surface area contributed by atoms with E-state index in [-0.39, 0.29) is 5.91 Å². The highest BCUT2D eigenvalue weighted by Gasteiger charge is 2.47. The van der Waals surface area contributed by atoms with E-state index in [9.17, 15) is 4.79 Å². The Kier molecular flexibility index (Phi) is 5.01. The van der Waals surface area contributed by atoms with Crippen LogP contribution < -0.4 is 11.1 Å². The van der Waals surface area contributed by atoms with Crippen molar-refractivity contribution in [2.75, 3.05) is 0 Å². The minimum absolute atomic E-state index is 0.0312. The van der Waals surface area contributed by atoms with Crippen LogP contribution in [0.2, 0.25) is 0 Å². The lowest BCUT2D eigenvalue weighted by atomic mass is 9.70. The first-order valence-corrected chi connectivity index (χ1v) is 7.86. The van der Waals surface area contributed by atoms with Gasteiger partial charge in [0.15, 0.2) is 0 Å². The number of hydrogen-bond donors (Lipinski definition) is 2. The average molecular weight is 299 g/mol. The maximum atomic E-state index is 12.8. The zero-order valence-corrected chi connectivity index (χ0v) is 13.4. The van der Waals surface area contributed by atoms with Gasteiger partial charge < -0.3 is 11.1 Å². The molecule has 118 valence electrons. The number of amides is 1. The molecule has 4 heteroatoms. The Morgan fingerprint density at radius 1 is 1.59 bits per heavy atom. The van der Waals surface area contributed by atoms with Crippen LogP contribution in [0.1, 0.15) is 39.5 Å². The van der Waals surface area contributed by atoms with Gasteiger partial charge in [-0.3, -0.25) is 4.79 Å². The van der Waals surface area contributed by atoms with Crippen LogP contribution in [-0.2, 0) is 4.79 Å². The summed E-state index contributed by atoms with van der Waals surface area (Å²) in [5, 5.41) is 2.91. The van der Waals surface area contributed by atoms with Crippen molar-refractivity contribution in [3.05, 3.63) is 47.5 Å². The van der Waals surface area contributed by atoms with Crippen LogP contribution in [0.3, 0.4) is 0 Å². The van der Waals surface area contributed by atoms with E-state index in [1.165, 1.54) is 0 Å². The van der Waals surface area contributed by atoms with E-state index in [1.54, 1.807) is 0 Å². The van der Waals surface area contributed by atoms with Gasteiger partial charge in [0, 0.05) is 11.3 Å². The first-order chi connectivity index (χ1) is 10.6. The maximum Gasteiger partial charge on any atom is 0.236 e. The molecule has 0 saturated carbocycles. The van der Waals surface area contributed by atoms with Crippen molar-refractivity contribution < 1.29 is 4.79 Å². The molecular weight excluding hydrogens is 274 g/mol. The molecule has 4 nitrogen and oxygen atoms in total. The predicted molar refractivity (Wildman–Crippen MR) is 91.0 cm³/mol. The van der Waals surface area contributed by atoms with Crippen LogP contribution in [0.5, 0.6) is 0 Å². The Balaban J connectivity index is 2.52. The third kappa shape index (κ3) is 2.91. The van der Waals surface area contributed by atoms with Gasteiger partial charge in [0.2, 0.25) is 5.91 Å². The van der Waals surface area contributed by atoms with Gasteiger partial charge in [0.05, 0.1) is 5.41 Å². The number of hydrogen-bond acceptors (Lipinski definition) is 3. The molecule has 1 heterocycles. The molecule has 0 bridgehead atoms. The highest BCUT2D eigenvalue weighted by molar-refractivity contribution is 5.92. The standard InChI is InChI=1S/C18H25N3O/c1-4-7-15-16(20-3)21-17(22)18(15)11-6-8-14(19)10-9-13(5-2)12-18/h4,7-10,13H,3,5-6,11-12,19H2,1-2H3,(H,21,22)/b7-4-,10-9-,14-8+. The van der Waals surface area contributed by atoms with E-state index in [0.717, 1.165) is 37.0 Å². The summed E-state index contributed by atoms with van der Waals surface area (Å²) in [7, 11) is 0. The number of allylic oxidation sites excluding steroid dienone is 5. The number of carbonyl (C=O) groups excluding carboxylic acids is 1. The van der Waals surface area contributed by atoms with Gasteiger partial charge in [-0.1, -0.05) is 31.2 Å². The molecular formula is C18H25N3O. The molecule has 2 aliphatic rings. The number of aliphatic imine (C=N–C) groups is 1. The summed E-state index contributed by atoms with van der Waals surface area (Å²) in [4.78, 5) is 16.8. The number of nitrogens with two attached hydrogens (primary N) is 1. The molecule has 1 aliphatic heterocycles. The summed E-state index contributed by atoms with van der Waals surface area (Å²) in [6.07, 6.45) is 13.3. The minimum Gasteiger partial charge on any atom is -0.399 e. The molecule has 0 aromatic carbocycles. The summed E-state index contributed by atoms with van der Waals surface area (Å²) < 4.78 is 0. The molecule has 22 heavy (non-hydrogen) atoms. The fourth-order valence-electron chi connectivity index (χ4n) is 3.32. The van der Waals surface area contributed by atoms with Gasteiger partial charge in [-0.15, -0.1) is 0 Å². The summed E-state index contributed by atoms with van der Waals surface area (Å²) in [6.45, 7) is 7.69. The molecule has 2 rings (SSSR count). The van der Waals surface area contributed by atoms with Gasteiger partial charge in [0.1, 0.15) is 5.82 Å². The van der Waals surface area contributed by atoms with Crippen molar-refractivity contribution in [2.24, 2.45) is 22.1 Å². The van der Waals surface area contributed by atoms with Crippen LogP contribution in [0.15, 0.2) is 52.5 Å². The van der Waals surface area contributed by atoms with Crippen LogP contribution >= 0.6 is 0 Å². The SMILES string of the molecule is C=NC1=C(/C=C\C)C2(CC/C=C(N)\C=C/C(CC)C2)C(=O)N1. The Morgan fingerprint density at radius 3 is 3.00 bits per heavy atom. The summed E-state index contributed by atoms with van der Waals surface area (Å²) in [6, 6.07) is 0. The van der Waals surface area contributed by atoms with Crippen LogP contribution in [-0.4, -0.2) is 12.6 Å². The van der Waals surface area contributed by atoms with Crippen molar-refractivity contribution in [3.63, 3.8) is 0 Å².